The van der Waals surface area contributed by atoms with Crippen LogP contribution >= 0.6 is 11.6 Å². The van der Waals surface area contributed by atoms with Crippen LogP contribution in [0.1, 0.15) is 25.0 Å². The Hall–Kier alpha value is -2.53. The van der Waals surface area contributed by atoms with Gasteiger partial charge in [-0.25, -0.2) is 0 Å². The lowest BCUT2D eigenvalue weighted by Gasteiger charge is -2.11. The number of rotatable bonds is 8. The Kier molecular flexibility index (Phi) is 8.65. The largest absolute Gasteiger partial charge is 0.357 e. The van der Waals surface area contributed by atoms with Crippen molar-refractivity contribution < 1.29 is 4.79 Å². The highest BCUT2D eigenvalue weighted by Gasteiger charge is 2.00. The van der Waals surface area contributed by atoms with E-state index in [9.17, 15) is 4.79 Å². The first-order valence-electron chi connectivity index (χ1n) is 9.20. The Morgan fingerprint density at radius 1 is 1.04 bits per heavy atom. The molecule has 3 N–H and O–H groups in total. The molecule has 27 heavy (non-hydrogen) atoms. The third-order valence-electron chi connectivity index (χ3n) is 3.88. The molecule has 144 valence electrons. The van der Waals surface area contributed by atoms with Crippen LogP contribution in [0.25, 0.3) is 0 Å². The molecule has 1 amide bonds. The smallest absolute Gasteiger partial charge is 0.221 e. The van der Waals surface area contributed by atoms with Gasteiger partial charge < -0.3 is 16.0 Å². The molecule has 0 aliphatic rings. The summed E-state index contributed by atoms with van der Waals surface area (Å²) >= 11 is 6.02. The molecule has 0 aromatic heterocycles. The molecule has 0 aliphatic heterocycles. The van der Waals surface area contributed by atoms with Gasteiger partial charge in [0, 0.05) is 37.3 Å². The molecular weight excluding hydrogens is 360 g/mol. The van der Waals surface area contributed by atoms with Gasteiger partial charge in [-0.2, -0.15) is 0 Å². The predicted octanol–water partition coefficient (Wildman–Crippen LogP) is 3.64. The molecule has 6 heteroatoms. The lowest BCUT2D eigenvalue weighted by Crippen LogP contribution is -2.38. The lowest BCUT2D eigenvalue weighted by molar-refractivity contribution is -0.114. The van der Waals surface area contributed by atoms with E-state index in [0.29, 0.717) is 6.54 Å². The molecule has 0 bridgehead atoms. The number of benzene rings is 2. The second-order valence-corrected chi connectivity index (χ2v) is 6.63. The summed E-state index contributed by atoms with van der Waals surface area (Å²) in [7, 11) is 0. The van der Waals surface area contributed by atoms with Crippen LogP contribution in [-0.2, 0) is 17.6 Å². The molecule has 0 saturated heterocycles. The van der Waals surface area contributed by atoms with Crippen LogP contribution < -0.4 is 16.0 Å². The van der Waals surface area contributed by atoms with E-state index in [1.54, 1.807) is 0 Å². The molecule has 0 radical (unpaired) electrons. The first kappa shape index (κ1) is 20.8. The van der Waals surface area contributed by atoms with E-state index in [2.05, 4.69) is 33.9 Å². The van der Waals surface area contributed by atoms with Gasteiger partial charge in [0.25, 0.3) is 0 Å². The zero-order chi connectivity index (χ0) is 19.5. The van der Waals surface area contributed by atoms with E-state index in [4.69, 9.17) is 11.6 Å². The standard InChI is InChI=1S/C21H27ClN4O/c1-3-23-21(25-14-12-18-5-4-6-19(22)15-18)24-13-11-17-7-9-20(10-8-17)26-16(2)27/h4-10,15H,3,11-14H2,1-2H3,(H,26,27)(H2,23,24,25). The molecule has 2 aromatic carbocycles. The van der Waals surface area contributed by atoms with Crippen molar-refractivity contribution in [3.63, 3.8) is 0 Å². The monoisotopic (exact) mass is 386 g/mol. The molecule has 0 atom stereocenters. The average molecular weight is 387 g/mol. The minimum absolute atomic E-state index is 0.0634. The predicted molar refractivity (Wildman–Crippen MR) is 114 cm³/mol. The van der Waals surface area contributed by atoms with Crippen LogP contribution in [0.5, 0.6) is 0 Å². The fourth-order valence-corrected chi connectivity index (χ4v) is 2.83. The maximum Gasteiger partial charge on any atom is 0.221 e. The third kappa shape index (κ3) is 8.13. The number of aliphatic imine (C=N–C) groups is 1. The SMILES string of the molecule is CCNC(=NCCc1ccc(NC(C)=O)cc1)NCCc1cccc(Cl)c1. The summed E-state index contributed by atoms with van der Waals surface area (Å²) in [5.41, 5.74) is 3.19. The number of anilines is 1. The summed E-state index contributed by atoms with van der Waals surface area (Å²) in [6.07, 6.45) is 1.72. The molecule has 2 aromatic rings. The van der Waals surface area contributed by atoms with E-state index in [1.807, 2.05) is 42.5 Å². The van der Waals surface area contributed by atoms with Gasteiger partial charge in [0.2, 0.25) is 5.91 Å². The van der Waals surface area contributed by atoms with Gasteiger partial charge in [-0.15, -0.1) is 0 Å². The van der Waals surface area contributed by atoms with E-state index in [-0.39, 0.29) is 5.91 Å². The second kappa shape index (κ2) is 11.2. The average Bonchev–Trinajstić information content (AvgIpc) is 2.63. The number of nitrogens with one attached hydrogen (secondary N) is 3. The first-order valence-corrected chi connectivity index (χ1v) is 9.57. The Morgan fingerprint density at radius 3 is 2.48 bits per heavy atom. The van der Waals surface area contributed by atoms with E-state index in [1.165, 1.54) is 18.1 Å². The van der Waals surface area contributed by atoms with Gasteiger partial charge in [-0.1, -0.05) is 35.9 Å². The molecule has 5 nitrogen and oxygen atoms in total. The fraction of sp³-hybridized carbons (Fsp3) is 0.333. The van der Waals surface area contributed by atoms with Gasteiger partial charge in [-0.05, 0) is 55.2 Å². The summed E-state index contributed by atoms with van der Waals surface area (Å²) in [6.45, 7) is 5.84. The number of carbonyl (C=O) groups excluding carboxylic acids is 1. The zero-order valence-corrected chi connectivity index (χ0v) is 16.6. The molecular formula is C21H27ClN4O. The van der Waals surface area contributed by atoms with Crippen molar-refractivity contribution >= 4 is 29.2 Å². The molecule has 0 aliphatic carbocycles. The number of carbonyl (C=O) groups is 1. The minimum atomic E-state index is -0.0634. The topological polar surface area (TPSA) is 65.5 Å². The maximum absolute atomic E-state index is 11.1. The van der Waals surface area contributed by atoms with Crippen LogP contribution in [0.15, 0.2) is 53.5 Å². The number of amides is 1. The molecule has 0 heterocycles. The number of hydrogen-bond donors (Lipinski definition) is 3. The Labute approximate surface area is 166 Å². The van der Waals surface area contributed by atoms with Gasteiger partial charge in [0.15, 0.2) is 5.96 Å². The molecule has 0 saturated carbocycles. The lowest BCUT2D eigenvalue weighted by atomic mass is 10.1. The Bertz CT molecular complexity index is 759. The summed E-state index contributed by atoms with van der Waals surface area (Å²) < 4.78 is 0. The van der Waals surface area contributed by atoms with Crippen molar-refractivity contribution in [2.75, 3.05) is 25.0 Å². The van der Waals surface area contributed by atoms with E-state index < -0.39 is 0 Å². The number of halogens is 1. The third-order valence-corrected chi connectivity index (χ3v) is 4.12. The van der Waals surface area contributed by atoms with Crippen molar-refractivity contribution in [3.05, 3.63) is 64.7 Å². The van der Waals surface area contributed by atoms with Crippen molar-refractivity contribution in [2.24, 2.45) is 4.99 Å². The number of nitrogens with zero attached hydrogens (tertiary/aromatic N) is 1. The quantitative estimate of drug-likeness (QED) is 0.479. The normalized spacial score (nSPS) is 11.1. The van der Waals surface area contributed by atoms with Crippen LogP contribution in [0.4, 0.5) is 5.69 Å². The van der Waals surface area contributed by atoms with Crippen molar-refractivity contribution in [3.8, 4) is 0 Å². The van der Waals surface area contributed by atoms with Crippen molar-refractivity contribution in [2.45, 2.75) is 26.7 Å². The molecule has 0 fully saturated rings. The van der Waals surface area contributed by atoms with Crippen LogP contribution in [0, 0.1) is 0 Å². The van der Waals surface area contributed by atoms with Gasteiger partial charge in [0.05, 0.1) is 0 Å². The summed E-state index contributed by atoms with van der Waals surface area (Å²) in [4.78, 5) is 15.7. The number of hydrogen-bond acceptors (Lipinski definition) is 2. The fourth-order valence-electron chi connectivity index (χ4n) is 2.61. The van der Waals surface area contributed by atoms with Gasteiger partial charge in [-0.3, -0.25) is 9.79 Å². The summed E-state index contributed by atoms with van der Waals surface area (Å²) in [5, 5.41) is 10.1. The highest BCUT2D eigenvalue weighted by atomic mass is 35.5. The summed E-state index contributed by atoms with van der Waals surface area (Å²) in [6, 6.07) is 15.8. The summed E-state index contributed by atoms with van der Waals surface area (Å²) in [5.74, 6) is 0.751. The van der Waals surface area contributed by atoms with E-state index >= 15 is 0 Å². The van der Waals surface area contributed by atoms with Crippen LogP contribution in [-0.4, -0.2) is 31.5 Å². The maximum atomic E-state index is 11.1. The molecule has 0 spiro atoms. The second-order valence-electron chi connectivity index (χ2n) is 6.20. The molecule has 2 rings (SSSR count). The van der Waals surface area contributed by atoms with Gasteiger partial charge >= 0.3 is 0 Å². The highest BCUT2D eigenvalue weighted by molar-refractivity contribution is 6.30. The van der Waals surface area contributed by atoms with E-state index in [0.717, 1.165) is 42.6 Å². The molecule has 0 unspecified atom stereocenters. The minimum Gasteiger partial charge on any atom is -0.357 e. The number of guanidine groups is 1. The van der Waals surface area contributed by atoms with Crippen LogP contribution in [0.2, 0.25) is 5.02 Å². The van der Waals surface area contributed by atoms with Crippen molar-refractivity contribution in [1.82, 2.24) is 10.6 Å². The first-order chi connectivity index (χ1) is 13.1. The Balaban J connectivity index is 1.81. The van der Waals surface area contributed by atoms with Gasteiger partial charge in [0.1, 0.15) is 0 Å². The zero-order valence-electron chi connectivity index (χ0n) is 15.9. The Morgan fingerprint density at radius 2 is 1.81 bits per heavy atom. The highest BCUT2D eigenvalue weighted by Crippen LogP contribution is 2.11. The van der Waals surface area contributed by atoms with Crippen molar-refractivity contribution in [1.29, 1.82) is 0 Å². The van der Waals surface area contributed by atoms with Crippen LogP contribution in [0.3, 0.4) is 0 Å².